The van der Waals surface area contributed by atoms with Gasteiger partial charge < -0.3 is 15.4 Å². The summed E-state index contributed by atoms with van der Waals surface area (Å²) in [5.41, 5.74) is 1.63. The van der Waals surface area contributed by atoms with Crippen LogP contribution in [0.2, 0.25) is 0 Å². The van der Waals surface area contributed by atoms with E-state index in [4.69, 9.17) is 4.74 Å². The standard InChI is InChI=1S/C17H19N3O2/c21-17(13-7-9-18-11-13)20-14-5-3-6-16(10-14)22-12-15-4-1-2-8-19-15/h1-6,8,10,13,18H,7,9,11-12H2,(H,20,21). The molecule has 3 rings (SSSR count). The van der Waals surface area contributed by atoms with Crippen LogP contribution in [0.3, 0.4) is 0 Å². The molecule has 5 heteroatoms. The van der Waals surface area contributed by atoms with Gasteiger partial charge in [0.2, 0.25) is 5.91 Å². The Labute approximate surface area is 129 Å². The molecule has 0 radical (unpaired) electrons. The molecule has 1 fully saturated rings. The summed E-state index contributed by atoms with van der Waals surface area (Å²) in [5, 5.41) is 6.14. The van der Waals surface area contributed by atoms with Gasteiger partial charge >= 0.3 is 0 Å². The minimum atomic E-state index is 0.0538. The largest absolute Gasteiger partial charge is 0.487 e. The van der Waals surface area contributed by atoms with Crippen LogP contribution in [0.4, 0.5) is 5.69 Å². The van der Waals surface area contributed by atoms with E-state index in [1.807, 2.05) is 42.5 Å². The summed E-state index contributed by atoms with van der Waals surface area (Å²) >= 11 is 0. The highest BCUT2D eigenvalue weighted by Gasteiger charge is 2.22. The fraction of sp³-hybridized carbons (Fsp3) is 0.294. The van der Waals surface area contributed by atoms with E-state index in [-0.39, 0.29) is 11.8 Å². The number of rotatable bonds is 5. The van der Waals surface area contributed by atoms with E-state index in [0.29, 0.717) is 12.4 Å². The Morgan fingerprint density at radius 1 is 1.32 bits per heavy atom. The molecular weight excluding hydrogens is 278 g/mol. The molecule has 5 nitrogen and oxygen atoms in total. The number of carbonyl (C=O) groups is 1. The third-order valence-electron chi connectivity index (χ3n) is 3.65. The lowest BCUT2D eigenvalue weighted by molar-refractivity contribution is -0.119. The van der Waals surface area contributed by atoms with Crippen LogP contribution >= 0.6 is 0 Å². The Hall–Kier alpha value is -2.40. The molecule has 2 aromatic rings. The monoisotopic (exact) mass is 297 g/mol. The zero-order chi connectivity index (χ0) is 15.2. The first kappa shape index (κ1) is 14.5. The van der Waals surface area contributed by atoms with Crippen molar-refractivity contribution in [1.82, 2.24) is 10.3 Å². The van der Waals surface area contributed by atoms with Crippen molar-refractivity contribution in [3.05, 3.63) is 54.4 Å². The molecule has 1 aromatic carbocycles. The molecule has 1 aliphatic rings. The van der Waals surface area contributed by atoms with Crippen LogP contribution in [0.15, 0.2) is 48.7 Å². The van der Waals surface area contributed by atoms with Crippen molar-refractivity contribution in [2.24, 2.45) is 5.92 Å². The molecule has 2 N–H and O–H groups in total. The zero-order valence-electron chi connectivity index (χ0n) is 12.3. The topological polar surface area (TPSA) is 63.2 Å². The zero-order valence-corrected chi connectivity index (χ0v) is 12.3. The molecule has 114 valence electrons. The molecule has 0 spiro atoms. The Bertz CT molecular complexity index is 625. The van der Waals surface area contributed by atoms with E-state index < -0.39 is 0 Å². The van der Waals surface area contributed by atoms with Gasteiger partial charge in [-0.3, -0.25) is 9.78 Å². The van der Waals surface area contributed by atoms with Crippen LogP contribution in [0.5, 0.6) is 5.75 Å². The molecule has 1 saturated heterocycles. The lowest BCUT2D eigenvalue weighted by atomic mass is 10.1. The summed E-state index contributed by atoms with van der Waals surface area (Å²) in [6.07, 6.45) is 2.63. The third kappa shape index (κ3) is 3.83. The molecule has 2 heterocycles. The Morgan fingerprint density at radius 3 is 3.05 bits per heavy atom. The highest BCUT2D eigenvalue weighted by atomic mass is 16.5. The van der Waals surface area contributed by atoms with Gasteiger partial charge in [-0.25, -0.2) is 0 Å². The third-order valence-corrected chi connectivity index (χ3v) is 3.65. The molecule has 0 aliphatic carbocycles. The molecule has 0 bridgehead atoms. The number of amides is 1. The number of nitrogens with zero attached hydrogens (tertiary/aromatic N) is 1. The van der Waals surface area contributed by atoms with Crippen molar-refractivity contribution in [3.63, 3.8) is 0 Å². The van der Waals surface area contributed by atoms with Gasteiger partial charge in [0.15, 0.2) is 0 Å². The van der Waals surface area contributed by atoms with Crippen LogP contribution in [0.25, 0.3) is 0 Å². The van der Waals surface area contributed by atoms with E-state index in [2.05, 4.69) is 15.6 Å². The lowest BCUT2D eigenvalue weighted by Gasteiger charge is -2.11. The number of nitrogens with one attached hydrogen (secondary N) is 2. The molecule has 22 heavy (non-hydrogen) atoms. The van der Waals surface area contributed by atoms with Crippen molar-refractivity contribution < 1.29 is 9.53 Å². The molecule has 1 amide bonds. The number of pyridine rings is 1. The van der Waals surface area contributed by atoms with Gasteiger partial charge in [0.1, 0.15) is 12.4 Å². The maximum absolute atomic E-state index is 12.1. The van der Waals surface area contributed by atoms with Crippen molar-refractivity contribution in [3.8, 4) is 5.75 Å². The van der Waals surface area contributed by atoms with Gasteiger partial charge in [0.05, 0.1) is 11.6 Å². The van der Waals surface area contributed by atoms with E-state index >= 15 is 0 Å². The first-order valence-electron chi connectivity index (χ1n) is 7.45. The summed E-state index contributed by atoms with van der Waals surface area (Å²) in [6, 6.07) is 13.2. The first-order valence-corrected chi connectivity index (χ1v) is 7.45. The van der Waals surface area contributed by atoms with Gasteiger partial charge in [-0.1, -0.05) is 12.1 Å². The van der Waals surface area contributed by atoms with Gasteiger partial charge in [-0.2, -0.15) is 0 Å². The average Bonchev–Trinajstić information content (AvgIpc) is 3.09. The van der Waals surface area contributed by atoms with E-state index in [1.54, 1.807) is 6.20 Å². The summed E-state index contributed by atoms with van der Waals surface area (Å²) in [4.78, 5) is 16.3. The average molecular weight is 297 g/mol. The highest BCUT2D eigenvalue weighted by molar-refractivity contribution is 5.93. The maximum atomic E-state index is 12.1. The molecule has 1 unspecified atom stereocenters. The first-order chi connectivity index (χ1) is 10.8. The second kappa shape index (κ2) is 7.04. The van der Waals surface area contributed by atoms with Crippen molar-refractivity contribution in [1.29, 1.82) is 0 Å². The number of anilines is 1. The lowest BCUT2D eigenvalue weighted by Crippen LogP contribution is -2.24. The van der Waals surface area contributed by atoms with Crippen LogP contribution in [-0.4, -0.2) is 24.0 Å². The summed E-state index contributed by atoms with van der Waals surface area (Å²) in [6.45, 7) is 2.07. The van der Waals surface area contributed by atoms with E-state index in [9.17, 15) is 4.79 Å². The molecule has 1 aliphatic heterocycles. The van der Waals surface area contributed by atoms with E-state index in [1.165, 1.54) is 0 Å². The van der Waals surface area contributed by atoms with Gasteiger partial charge in [0, 0.05) is 24.5 Å². The normalized spacial score (nSPS) is 17.2. The predicted molar refractivity (Wildman–Crippen MR) is 84.6 cm³/mol. The van der Waals surface area contributed by atoms with Crippen molar-refractivity contribution in [2.45, 2.75) is 13.0 Å². The minimum Gasteiger partial charge on any atom is -0.487 e. The van der Waals surface area contributed by atoms with Gasteiger partial charge in [-0.15, -0.1) is 0 Å². The molecule has 1 aromatic heterocycles. The summed E-state index contributed by atoms with van der Waals surface area (Å²) < 4.78 is 5.71. The van der Waals surface area contributed by atoms with Crippen molar-refractivity contribution in [2.75, 3.05) is 18.4 Å². The Kier molecular flexibility index (Phi) is 4.65. The fourth-order valence-corrected chi connectivity index (χ4v) is 2.43. The highest BCUT2D eigenvalue weighted by Crippen LogP contribution is 2.20. The number of hydrogen-bond acceptors (Lipinski definition) is 4. The number of hydrogen-bond donors (Lipinski definition) is 2. The quantitative estimate of drug-likeness (QED) is 0.888. The maximum Gasteiger partial charge on any atom is 0.228 e. The summed E-state index contributed by atoms with van der Waals surface area (Å²) in [5.74, 6) is 0.831. The van der Waals surface area contributed by atoms with Crippen LogP contribution in [-0.2, 0) is 11.4 Å². The number of ether oxygens (including phenoxy) is 1. The number of benzene rings is 1. The second-order valence-electron chi connectivity index (χ2n) is 5.32. The Balaban J connectivity index is 1.58. The molecular formula is C17H19N3O2. The molecule has 0 saturated carbocycles. The Morgan fingerprint density at radius 2 is 2.27 bits per heavy atom. The van der Waals surface area contributed by atoms with Crippen LogP contribution < -0.4 is 15.4 Å². The van der Waals surface area contributed by atoms with Gasteiger partial charge in [0.25, 0.3) is 0 Å². The SMILES string of the molecule is O=C(Nc1cccc(OCc2ccccn2)c1)C1CCNC1. The minimum absolute atomic E-state index is 0.0538. The smallest absolute Gasteiger partial charge is 0.228 e. The molecule has 1 atom stereocenters. The number of carbonyl (C=O) groups excluding carboxylic acids is 1. The van der Waals surface area contributed by atoms with Gasteiger partial charge in [-0.05, 0) is 37.2 Å². The van der Waals surface area contributed by atoms with Crippen LogP contribution in [0, 0.1) is 5.92 Å². The number of aromatic nitrogens is 1. The van der Waals surface area contributed by atoms with Crippen molar-refractivity contribution >= 4 is 11.6 Å². The fourth-order valence-electron chi connectivity index (χ4n) is 2.43. The van der Waals surface area contributed by atoms with Crippen LogP contribution in [0.1, 0.15) is 12.1 Å². The predicted octanol–water partition coefficient (Wildman–Crippen LogP) is 2.21. The second-order valence-corrected chi connectivity index (χ2v) is 5.32. The summed E-state index contributed by atoms with van der Waals surface area (Å²) in [7, 11) is 0. The van der Waals surface area contributed by atoms with E-state index in [0.717, 1.165) is 30.9 Å².